The highest BCUT2D eigenvalue weighted by atomic mass is 16.5. The third-order valence-electron chi connectivity index (χ3n) is 11.0. The fourth-order valence-electron chi connectivity index (χ4n) is 7.21. The molecule has 0 aliphatic carbocycles. The molecule has 0 aliphatic heterocycles. The lowest BCUT2D eigenvalue weighted by atomic mass is 10.0. The van der Waals surface area contributed by atoms with Crippen molar-refractivity contribution in [3.8, 4) is 0 Å². The van der Waals surface area contributed by atoms with Gasteiger partial charge < -0.3 is 20.3 Å². The maximum absolute atomic E-state index is 12.4. The topological polar surface area (TPSA) is 95.9 Å². The summed E-state index contributed by atoms with van der Waals surface area (Å²) in [6, 6.07) is -0.647. The van der Waals surface area contributed by atoms with Gasteiger partial charge in [0.05, 0.1) is 25.4 Å². The van der Waals surface area contributed by atoms with Crippen LogP contribution in [0.15, 0.2) is 24.3 Å². The number of nitrogens with one attached hydrogen (secondary N) is 1. The van der Waals surface area contributed by atoms with Gasteiger partial charge in [0.15, 0.2) is 0 Å². The van der Waals surface area contributed by atoms with Crippen molar-refractivity contribution in [3.05, 3.63) is 24.3 Å². The summed E-state index contributed by atoms with van der Waals surface area (Å²) in [4.78, 5) is 24.4. The van der Waals surface area contributed by atoms with Crippen LogP contribution in [0.3, 0.4) is 0 Å². The van der Waals surface area contributed by atoms with Crippen LogP contribution in [0.1, 0.15) is 251 Å². The molecule has 3 N–H and O–H groups in total. The van der Waals surface area contributed by atoms with Gasteiger partial charge in [-0.15, -0.1) is 0 Å². The van der Waals surface area contributed by atoms with Crippen molar-refractivity contribution in [1.29, 1.82) is 0 Å². The van der Waals surface area contributed by atoms with E-state index in [4.69, 9.17) is 4.74 Å². The summed E-state index contributed by atoms with van der Waals surface area (Å²) in [6.07, 6.45) is 51.6. The zero-order valence-electron chi connectivity index (χ0n) is 36.7. The third kappa shape index (κ3) is 41.8. The first-order valence-corrected chi connectivity index (χ1v) is 24.1. The Labute approximate surface area is 341 Å². The smallest absolute Gasteiger partial charge is 0.305 e. The van der Waals surface area contributed by atoms with Crippen molar-refractivity contribution in [1.82, 2.24) is 5.32 Å². The Morgan fingerprint density at radius 2 is 0.855 bits per heavy atom. The van der Waals surface area contributed by atoms with Gasteiger partial charge in [-0.05, 0) is 57.8 Å². The summed E-state index contributed by atoms with van der Waals surface area (Å²) in [6.45, 7) is 4.81. The molecule has 0 spiro atoms. The molecule has 55 heavy (non-hydrogen) atoms. The summed E-state index contributed by atoms with van der Waals surface area (Å²) < 4.78 is 5.43. The highest BCUT2D eigenvalue weighted by Crippen LogP contribution is 2.15. The Bertz CT molecular complexity index is 858. The molecule has 0 heterocycles. The van der Waals surface area contributed by atoms with Gasteiger partial charge in [0.1, 0.15) is 0 Å². The number of aliphatic hydroxyl groups excluding tert-OH is 2. The number of hydrogen-bond donors (Lipinski definition) is 3. The predicted octanol–water partition coefficient (Wildman–Crippen LogP) is 14.0. The second-order valence-corrected chi connectivity index (χ2v) is 16.4. The number of carbonyl (C=O) groups excluding carboxylic acids is 2. The Hall–Kier alpha value is -1.66. The lowest BCUT2D eigenvalue weighted by molar-refractivity contribution is -0.143. The Balaban J connectivity index is 3.55. The highest BCUT2D eigenvalue weighted by molar-refractivity contribution is 5.76. The summed E-state index contributed by atoms with van der Waals surface area (Å²) in [7, 11) is 0. The Morgan fingerprint density at radius 3 is 1.31 bits per heavy atom. The van der Waals surface area contributed by atoms with Crippen molar-refractivity contribution in [2.75, 3.05) is 13.2 Å². The molecule has 2 atom stereocenters. The number of aliphatic hydroxyl groups is 2. The van der Waals surface area contributed by atoms with Crippen LogP contribution in [0.25, 0.3) is 0 Å². The van der Waals surface area contributed by atoms with Crippen LogP contribution in [-0.2, 0) is 14.3 Å². The zero-order chi connectivity index (χ0) is 40.1. The molecule has 2 unspecified atom stereocenters. The molecule has 0 aromatic carbocycles. The fourth-order valence-corrected chi connectivity index (χ4v) is 7.21. The Morgan fingerprint density at radius 1 is 0.491 bits per heavy atom. The van der Waals surface area contributed by atoms with Gasteiger partial charge in [0.2, 0.25) is 5.91 Å². The van der Waals surface area contributed by atoms with Crippen LogP contribution in [0, 0.1) is 0 Å². The third-order valence-corrected chi connectivity index (χ3v) is 11.0. The van der Waals surface area contributed by atoms with Crippen molar-refractivity contribution >= 4 is 11.9 Å². The summed E-state index contributed by atoms with van der Waals surface area (Å²) in [5, 5.41) is 23.0. The predicted molar refractivity (Wildman–Crippen MR) is 236 cm³/mol. The molecule has 0 saturated heterocycles. The molecular formula is C49H93NO5. The number of rotatable bonds is 44. The standard InChI is InChI=1S/C49H93NO5/c1-3-5-7-9-11-13-15-17-18-19-21-22-25-29-33-37-41-47(52)46(45-51)50-48(53)42-38-34-30-26-24-28-32-36-40-44-55-49(54)43-39-35-31-27-23-20-16-14-12-10-8-6-4-2/h14,16,37,41,46-47,51-52H,3-13,15,17-36,38-40,42-45H2,1-2H3,(H,50,53)/b16-14-,41-37+. The van der Waals surface area contributed by atoms with E-state index in [1.165, 1.54) is 167 Å². The van der Waals surface area contributed by atoms with Gasteiger partial charge in [-0.25, -0.2) is 0 Å². The van der Waals surface area contributed by atoms with E-state index in [2.05, 4.69) is 31.3 Å². The van der Waals surface area contributed by atoms with E-state index in [-0.39, 0.29) is 18.5 Å². The summed E-state index contributed by atoms with van der Waals surface area (Å²) in [5.74, 6) is -0.133. The van der Waals surface area contributed by atoms with Crippen LogP contribution in [0.4, 0.5) is 0 Å². The monoisotopic (exact) mass is 776 g/mol. The van der Waals surface area contributed by atoms with Gasteiger partial charge in [-0.3, -0.25) is 9.59 Å². The maximum atomic E-state index is 12.4. The molecule has 0 fully saturated rings. The summed E-state index contributed by atoms with van der Waals surface area (Å²) in [5.41, 5.74) is 0. The number of esters is 1. The summed E-state index contributed by atoms with van der Waals surface area (Å²) >= 11 is 0. The molecule has 1 amide bonds. The van der Waals surface area contributed by atoms with Crippen molar-refractivity contribution in [3.63, 3.8) is 0 Å². The number of hydrogen-bond acceptors (Lipinski definition) is 5. The van der Waals surface area contributed by atoms with Gasteiger partial charge >= 0.3 is 5.97 Å². The second kappa shape index (κ2) is 45.0. The van der Waals surface area contributed by atoms with E-state index in [0.717, 1.165) is 57.8 Å². The molecule has 0 aliphatic rings. The minimum Gasteiger partial charge on any atom is -0.466 e. The molecule has 0 aromatic heterocycles. The zero-order valence-corrected chi connectivity index (χ0v) is 36.7. The molecule has 0 saturated carbocycles. The SMILES string of the molecule is CCCCCC/C=C\CCCCCCCC(=O)OCCCCCCCCCCCC(=O)NC(CO)C(O)/C=C/CCCCCCCCCCCCCCCC. The van der Waals surface area contributed by atoms with Crippen LogP contribution in [0.2, 0.25) is 0 Å². The van der Waals surface area contributed by atoms with E-state index in [9.17, 15) is 19.8 Å². The largest absolute Gasteiger partial charge is 0.466 e. The molecular weight excluding hydrogens is 683 g/mol. The first-order chi connectivity index (χ1) is 27.0. The molecule has 0 radical (unpaired) electrons. The average Bonchev–Trinajstić information content (AvgIpc) is 3.18. The number of carbonyl (C=O) groups is 2. The molecule has 324 valence electrons. The molecule has 0 rings (SSSR count). The average molecular weight is 776 g/mol. The van der Waals surface area contributed by atoms with Crippen LogP contribution in [0.5, 0.6) is 0 Å². The lowest BCUT2D eigenvalue weighted by Crippen LogP contribution is -2.45. The van der Waals surface area contributed by atoms with Gasteiger partial charge in [-0.1, -0.05) is 205 Å². The first-order valence-electron chi connectivity index (χ1n) is 24.1. The van der Waals surface area contributed by atoms with Crippen molar-refractivity contribution in [2.45, 2.75) is 264 Å². The number of unbranched alkanes of at least 4 members (excludes halogenated alkanes) is 31. The molecule has 6 heteroatoms. The molecule has 0 aromatic rings. The van der Waals surface area contributed by atoms with E-state index >= 15 is 0 Å². The van der Waals surface area contributed by atoms with Gasteiger partial charge in [0, 0.05) is 12.8 Å². The highest BCUT2D eigenvalue weighted by Gasteiger charge is 2.18. The first kappa shape index (κ1) is 53.3. The second-order valence-electron chi connectivity index (χ2n) is 16.4. The van der Waals surface area contributed by atoms with E-state index < -0.39 is 12.1 Å². The molecule has 0 bridgehead atoms. The van der Waals surface area contributed by atoms with E-state index in [1.54, 1.807) is 6.08 Å². The fraction of sp³-hybridized carbons (Fsp3) is 0.878. The quantitative estimate of drug-likeness (QED) is 0.0325. The number of allylic oxidation sites excluding steroid dienone is 3. The number of amides is 1. The van der Waals surface area contributed by atoms with E-state index in [1.807, 2.05) is 6.08 Å². The number of ether oxygens (including phenoxy) is 1. The van der Waals surface area contributed by atoms with E-state index in [0.29, 0.717) is 19.4 Å². The minimum absolute atomic E-state index is 0.0369. The van der Waals surface area contributed by atoms with Crippen LogP contribution in [-0.4, -0.2) is 47.4 Å². The van der Waals surface area contributed by atoms with Gasteiger partial charge in [0.25, 0.3) is 0 Å². The van der Waals surface area contributed by atoms with Gasteiger partial charge in [-0.2, -0.15) is 0 Å². The Kier molecular flexibility index (Phi) is 43.7. The minimum atomic E-state index is -0.861. The van der Waals surface area contributed by atoms with Crippen LogP contribution < -0.4 is 5.32 Å². The van der Waals surface area contributed by atoms with Crippen molar-refractivity contribution in [2.24, 2.45) is 0 Å². The normalized spacial score (nSPS) is 12.9. The van der Waals surface area contributed by atoms with Crippen LogP contribution >= 0.6 is 0 Å². The van der Waals surface area contributed by atoms with Crippen molar-refractivity contribution < 1.29 is 24.5 Å². The molecule has 6 nitrogen and oxygen atoms in total. The lowest BCUT2D eigenvalue weighted by Gasteiger charge is -2.20. The maximum Gasteiger partial charge on any atom is 0.305 e.